The summed E-state index contributed by atoms with van der Waals surface area (Å²) in [6, 6.07) is 17.4. The van der Waals surface area contributed by atoms with Crippen molar-refractivity contribution in [1.29, 1.82) is 0 Å². The first-order valence-corrected chi connectivity index (χ1v) is 15.5. The smallest absolute Gasteiger partial charge is 0.152 e. The second-order valence-corrected chi connectivity index (χ2v) is 12.0. The number of aromatic nitrogens is 3. The second-order valence-electron chi connectivity index (χ2n) is 12.0. The predicted molar refractivity (Wildman–Crippen MR) is 165 cm³/mol. The van der Waals surface area contributed by atoms with Crippen molar-refractivity contribution in [3.63, 3.8) is 0 Å². The highest BCUT2D eigenvalue weighted by atomic mass is 15.1. The molecule has 4 aromatic rings. The molecule has 0 saturated heterocycles. The van der Waals surface area contributed by atoms with Crippen LogP contribution >= 0.6 is 0 Å². The molecule has 2 heterocycles. The summed E-state index contributed by atoms with van der Waals surface area (Å²) >= 11 is 0. The lowest BCUT2D eigenvalue weighted by atomic mass is 9.81. The number of hydrogen-bond acceptors (Lipinski definition) is 4. The van der Waals surface area contributed by atoms with E-state index in [9.17, 15) is 0 Å². The normalized spacial score (nSPS) is 17.2. The third kappa shape index (κ3) is 6.81. The summed E-state index contributed by atoms with van der Waals surface area (Å²) in [5.74, 6) is 1.61. The Morgan fingerprint density at radius 3 is 2.21 bits per heavy atom. The summed E-state index contributed by atoms with van der Waals surface area (Å²) in [6.07, 6.45) is 18.4. The molecule has 5 heteroatoms. The standard InChI is InChI=1S/C34H47N5/c1-2-3-20-30-38-31-32(28-18-11-12-19-29(28)37-33(31)35)39(30)25-27-17-15-16-26(23-27)24-34(36)21-13-9-7-5-4-6-8-10-14-22-34/h11-12,15-19,23H,2-10,13-14,20-22,24-25,36H2,1H3,(H2,35,37). The summed E-state index contributed by atoms with van der Waals surface area (Å²) < 4.78 is 2.39. The molecule has 5 nitrogen and oxygen atoms in total. The van der Waals surface area contributed by atoms with Gasteiger partial charge in [-0.1, -0.05) is 114 Å². The molecule has 2 aromatic carbocycles. The number of hydrogen-bond donors (Lipinski definition) is 2. The van der Waals surface area contributed by atoms with Crippen LogP contribution in [0, 0.1) is 0 Å². The molecule has 0 bridgehead atoms. The molecule has 0 spiro atoms. The zero-order chi connectivity index (χ0) is 27.1. The quantitative estimate of drug-likeness (QED) is 0.255. The molecular formula is C34H47N5. The average molecular weight is 526 g/mol. The van der Waals surface area contributed by atoms with Crippen LogP contribution in [0.1, 0.15) is 107 Å². The summed E-state index contributed by atoms with van der Waals surface area (Å²) in [5.41, 5.74) is 19.0. The Morgan fingerprint density at radius 2 is 1.49 bits per heavy atom. The highest BCUT2D eigenvalue weighted by Crippen LogP contribution is 2.31. The minimum Gasteiger partial charge on any atom is -0.382 e. The van der Waals surface area contributed by atoms with E-state index in [-0.39, 0.29) is 5.54 Å². The van der Waals surface area contributed by atoms with Crippen LogP contribution in [0.2, 0.25) is 0 Å². The van der Waals surface area contributed by atoms with E-state index in [1.165, 1.54) is 68.9 Å². The Morgan fingerprint density at radius 1 is 0.821 bits per heavy atom. The molecule has 4 N–H and O–H groups in total. The van der Waals surface area contributed by atoms with Gasteiger partial charge >= 0.3 is 0 Å². The van der Waals surface area contributed by atoms with Crippen molar-refractivity contribution in [3.8, 4) is 0 Å². The van der Waals surface area contributed by atoms with Crippen molar-refractivity contribution in [3.05, 3.63) is 65.5 Å². The summed E-state index contributed by atoms with van der Waals surface area (Å²) in [6.45, 7) is 3.00. The number of nitrogens with two attached hydrogens (primary N) is 2. The molecule has 0 amide bonds. The third-order valence-corrected chi connectivity index (χ3v) is 8.68. The van der Waals surface area contributed by atoms with Crippen LogP contribution in [0.5, 0.6) is 0 Å². The molecule has 1 aliphatic rings. The van der Waals surface area contributed by atoms with Crippen molar-refractivity contribution in [2.45, 2.75) is 115 Å². The molecule has 0 aliphatic heterocycles. The van der Waals surface area contributed by atoms with E-state index in [1.54, 1.807) is 0 Å². The monoisotopic (exact) mass is 525 g/mol. The van der Waals surface area contributed by atoms with Crippen molar-refractivity contribution in [2.75, 3.05) is 5.73 Å². The number of imidazole rings is 1. The Balaban J connectivity index is 1.44. The molecule has 2 aromatic heterocycles. The second kappa shape index (κ2) is 13.0. The van der Waals surface area contributed by atoms with Crippen molar-refractivity contribution in [1.82, 2.24) is 14.5 Å². The minimum absolute atomic E-state index is 0.109. The van der Waals surface area contributed by atoms with Gasteiger partial charge < -0.3 is 16.0 Å². The number of nitrogens with zero attached hydrogens (tertiary/aromatic N) is 3. The minimum atomic E-state index is -0.109. The summed E-state index contributed by atoms with van der Waals surface area (Å²) in [4.78, 5) is 9.69. The summed E-state index contributed by atoms with van der Waals surface area (Å²) in [5, 5.41) is 1.11. The van der Waals surface area contributed by atoms with E-state index in [0.29, 0.717) is 5.82 Å². The van der Waals surface area contributed by atoms with Gasteiger partial charge in [0, 0.05) is 23.9 Å². The molecule has 1 saturated carbocycles. The number of nitrogen functional groups attached to an aromatic ring is 1. The Bertz CT molecular complexity index is 1360. The number of unbranched alkanes of at least 4 members (excludes halogenated alkanes) is 1. The van der Waals surface area contributed by atoms with E-state index in [4.69, 9.17) is 16.5 Å². The van der Waals surface area contributed by atoms with Gasteiger partial charge in [-0.05, 0) is 42.9 Å². The van der Waals surface area contributed by atoms with Crippen LogP contribution in [-0.2, 0) is 19.4 Å². The van der Waals surface area contributed by atoms with Gasteiger partial charge in [-0.15, -0.1) is 0 Å². The highest BCUT2D eigenvalue weighted by molar-refractivity contribution is 6.06. The van der Waals surface area contributed by atoms with Crippen molar-refractivity contribution < 1.29 is 0 Å². The van der Waals surface area contributed by atoms with Gasteiger partial charge in [0.2, 0.25) is 0 Å². The number of para-hydroxylation sites is 1. The molecule has 208 valence electrons. The SMILES string of the molecule is CCCCc1nc2c(N)nc3ccccc3c2n1Cc1cccc(CC2(N)CCCCCCCCCCC2)c1. The van der Waals surface area contributed by atoms with Crippen LogP contribution in [-0.4, -0.2) is 20.1 Å². The average Bonchev–Trinajstić information content (AvgIpc) is 3.29. The van der Waals surface area contributed by atoms with Gasteiger partial charge in [0.25, 0.3) is 0 Å². The molecule has 0 unspecified atom stereocenters. The third-order valence-electron chi connectivity index (χ3n) is 8.68. The van der Waals surface area contributed by atoms with E-state index in [2.05, 4.69) is 52.9 Å². The largest absolute Gasteiger partial charge is 0.382 e. The maximum atomic E-state index is 7.15. The van der Waals surface area contributed by atoms with Gasteiger partial charge in [0.15, 0.2) is 5.82 Å². The molecular weight excluding hydrogens is 478 g/mol. The van der Waals surface area contributed by atoms with Gasteiger partial charge in [0.05, 0.1) is 11.0 Å². The lowest BCUT2D eigenvalue weighted by Gasteiger charge is -2.31. The van der Waals surface area contributed by atoms with Gasteiger partial charge in [-0.3, -0.25) is 0 Å². The zero-order valence-electron chi connectivity index (χ0n) is 23.9. The zero-order valence-corrected chi connectivity index (χ0v) is 23.9. The first-order chi connectivity index (χ1) is 19.1. The van der Waals surface area contributed by atoms with Crippen molar-refractivity contribution >= 4 is 27.8 Å². The summed E-state index contributed by atoms with van der Waals surface area (Å²) in [7, 11) is 0. The van der Waals surface area contributed by atoms with Gasteiger partial charge in [0.1, 0.15) is 11.3 Å². The number of pyridine rings is 1. The maximum absolute atomic E-state index is 7.15. The number of anilines is 1. The Hall–Kier alpha value is -2.92. The van der Waals surface area contributed by atoms with Crippen LogP contribution in [0.3, 0.4) is 0 Å². The Labute approximate surface area is 234 Å². The van der Waals surface area contributed by atoms with E-state index in [0.717, 1.165) is 72.8 Å². The maximum Gasteiger partial charge on any atom is 0.152 e. The number of benzene rings is 2. The van der Waals surface area contributed by atoms with E-state index < -0.39 is 0 Å². The number of rotatable bonds is 7. The van der Waals surface area contributed by atoms with Crippen LogP contribution in [0.4, 0.5) is 5.82 Å². The fourth-order valence-electron chi connectivity index (χ4n) is 6.52. The molecule has 5 rings (SSSR count). The molecule has 1 fully saturated rings. The van der Waals surface area contributed by atoms with Gasteiger partial charge in [-0.2, -0.15) is 0 Å². The molecule has 0 radical (unpaired) electrons. The predicted octanol–water partition coefficient (Wildman–Crippen LogP) is 8.10. The first kappa shape index (κ1) is 27.6. The molecule has 39 heavy (non-hydrogen) atoms. The van der Waals surface area contributed by atoms with Gasteiger partial charge in [-0.25, -0.2) is 9.97 Å². The number of fused-ring (bicyclic) bond motifs is 3. The van der Waals surface area contributed by atoms with Crippen LogP contribution in [0.25, 0.3) is 21.9 Å². The van der Waals surface area contributed by atoms with E-state index in [1.807, 2.05) is 12.1 Å². The first-order valence-electron chi connectivity index (χ1n) is 15.5. The lowest BCUT2D eigenvalue weighted by molar-refractivity contribution is 0.328. The lowest BCUT2D eigenvalue weighted by Crippen LogP contribution is -2.42. The molecule has 0 atom stereocenters. The van der Waals surface area contributed by atoms with Crippen molar-refractivity contribution in [2.24, 2.45) is 5.73 Å². The van der Waals surface area contributed by atoms with Crippen LogP contribution < -0.4 is 11.5 Å². The topological polar surface area (TPSA) is 82.8 Å². The fraction of sp³-hybridized carbons (Fsp3) is 0.529. The van der Waals surface area contributed by atoms with E-state index >= 15 is 0 Å². The van der Waals surface area contributed by atoms with Crippen LogP contribution in [0.15, 0.2) is 48.5 Å². The Kier molecular flexibility index (Phi) is 9.18. The fourth-order valence-corrected chi connectivity index (χ4v) is 6.52. The number of aryl methyl sites for hydroxylation is 1. The highest BCUT2D eigenvalue weighted by Gasteiger charge is 2.25. The molecule has 1 aliphatic carbocycles.